The van der Waals surface area contributed by atoms with Crippen LogP contribution in [0.15, 0.2) is 40.1 Å². The Morgan fingerprint density at radius 2 is 1.84 bits per heavy atom. The van der Waals surface area contributed by atoms with Crippen LogP contribution in [0.5, 0.6) is 0 Å². The number of rotatable bonds is 5. The predicted octanol–water partition coefficient (Wildman–Crippen LogP) is 2.45. The fourth-order valence-corrected chi connectivity index (χ4v) is 5.22. The summed E-state index contributed by atoms with van der Waals surface area (Å²) in [5, 5.41) is 15.1. The third-order valence-electron chi connectivity index (χ3n) is 5.35. The first kappa shape index (κ1) is 23.9. The molecule has 0 atom stereocenters. The normalized spacial score (nSPS) is 12.6. The van der Waals surface area contributed by atoms with E-state index in [9.17, 15) is 5.21 Å². The Hall–Kier alpha value is -1.78. The zero-order chi connectivity index (χ0) is 22.9. The van der Waals surface area contributed by atoms with Crippen molar-refractivity contribution in [2.24, 2.45) is 0 Å². The molecule has 2 heterocycles. The quantitative estimate of drug-likeness (QED) is 0.267. The van der Waals surface area contributed by atoms with Gasteiger partial charge in [0.05, 0.1) is 34.2 Å². The number of nitrogens with one attached hydrogen (secondary N) is 1. The smallest absolute Gasteiger partial charge is 0.261 e. The van der Waals surface area contributed by atoms with Gasteiger partial charge >= 0.3 is 0 Å². The number of aryl methyl sites for hydroxylation is 1. The average Bonchev–Trinajstić information content (AvgIpc) is 2.97. The Morgan fingerprint density at radius 3 is 2.45 bits per heavy atom. The Kier molecular flexibility index (Phi) is 7.22. The van der Waals surface area contributed by atoms with Crippen molar-refractivity contribution in [3.8, 4) is 11.3 Å². The molecule has 0 saturated heterocycles. The van der Waals surface area contributed by atoms with E-state index in [4.69, 9.17) is 24.6 Å². The molecule has 0 spiro atoms. The van der Waals surface area contributed by atoms with Crippen LogP contribution in [-0.2, 0) is 16.7 Å². The second-order valence-electron chi connectivity index (χ2n) is 7.50. The Bertz CT molecular complexity index is 1210. The highest BCUT2D eigenvalue weighted by atomic mass is 35.5. The summed E-state index contributed by atoms with van der Waals surface area (Å²) in [5.41, 5.74) is 3.96. The molecule has 0 aliphatic carbocycles. The largest absolute Gasteiger partial charge is 0.748 e. The summed E-state index contributed by atoms with van der Waals surface area (Å²) in [5.74, 6) is 0. The molecule has 0 amide bonds. The monoisotopic (exact) mass is 483 g/mol. The molecule has 2 aromatic carbocycles. The molecule has 0 fully saturated rings. The van der Waals surface area contributed by atoms with Gasteiger partial charge in [-0.25, -0.2) is 8.42 Å². The van der Waals surface area contributed by atoms with Gasteiger partial charge in [0.2, 0.25) is 0 Å². The van der Waals surface area contributed by atoms with E-state index < -0.39 is 10.1 Å². The number of aromatic nitrogens is 2. The maximum atomic E-state index is 13.3. The molecule has 31 heavy (non-hydrogen) atoms. The molecule has 0 radical (unpaired) electrons. The summed E-state index contributed by atoms with van der Waals surface area (Å²) in [7, 11) is -3.92. The van der Waals surface area contributed by atoms with Crippen molar-refractivity contribution in [1.82, 2.24) is 4.68 Å². The number of benzene rings is 2. The van der Waals surface area contributed by atoms with E-state index in [1.165, 1.54) is 15.4 Å². The standard InChI is InChI=1S/C20H22ClN3OS.CH4O3S/c1-4-22(5-2)10-11-23-16-9-6-13(3)20-18(16)19(24(23)25)15-8-7-14(21)12-17(15)26-20;1-5(2,3)4/h6-9,12H,4-5,10-11H2,1-3H3;1H3,(H,2,3,4). The first-order valence-electron chi connectivity index (χ1n) is 10.0. The zero-order valence-electron chi connectivity index (χ0n) is 17.9. The van der Waals surface area contributed by atoms with Gasteiger partial charge in [-0.3, -0.25) is 0 Å². The number of halogens is 1. The number of quaternary nitrogens is 1. The highest BCUT2D eigenvalue weighted by molar-refractivity contribution is 7.99. The van der Waals surface area contributed by atoms with Gasteiger partial charge in [-0.05, 0) is 50.6 Å². The molecule has 0 bridgehead atoms. The van der Waals surface area contributed by atoms with Gasteiger partial charge in [0.25, 0.3) is 5.69 Å². The molecule has 10 heteroatoms. The number of hydrogen-bond donors (Lipinski definition) is 1. The predicted molar refractivity (Wildman–Crippen MR) is 123 cm³/mol. The highest BCUT2D eigenvalue weighted by Gasteiger charge is 2.32. The van der Waals surface area contributed by atoms with E-state index in [-0.39, 0.29) is 0 Å². The van der Waals surface area contributed by atoms with E-state index in [0.717, 1.165) is 51.5 Å². The summed E-state index contributed by atoms with van der Waals surface area (Å²) in [6.45, 7) is 10.3. The molecule has 1 N–H and O–H groups in total. The van der Waals surface area contributed by atoms with E-state index in [1.54, 1.807) is 11.8 Å². The Labute approximate surface area is 191 Å². The topological polar surface area (TPSA) is 93.5 Å². The van der Waals surface area contributed by atoms with Crippen molar-refractivity contribution in [2.75, 3.05) is 25.9 Å². The van der Waals surface area contributed by atoms with Crippen LogP contribution in [0.4, 0.5) is 0 Å². The van der Waals surface area contributed by atoms with Gasteiger partial charge in [-0.1, -0.05) is 34.3 Å². The lowest BCUT2D eigenvalue weighted by molar-refractivity contribution is -0.898. The minimum atomic E-state index is -3.92. The molecule has 7 nitrogen and oxygen atoms in total. The molecule has 168 valence electrons. The lowest BCUT2D eigenvalue weighted by Crippen LogP contribution is -3.11. The minimum Gasteiger partial charge on any atom is -0.748 e. The van der Waals surface area contributed by atoms with Gasteiger partial charge in [0.1, 0.15) is 18.6 Å². The summed E-state index contributed by atoms with van der Waals surface area (Å²) >= 11 is 7.92. The van der Waals surface area contributed by atoms with Gasteiger partial charge < -0.3 is 14.7 Å². The third kappa shape index (κ3) is 5.18. The van der Waals surface area contributed by atoms with Gasteiger partial charge in [0, 0.05) is 21.1 Å². The molecule has 0 saturated carbocycles. The van der Waals surface area contributed by atoms with E-state index >= 15 is 0 Å². The number of nitrogens with zero attached hydrogens (tertiary/aromatic N) is 2. The molecule has 3 aromatic rings. The molecular formula is C21H26ClN3O4S2. The second-order valence-corrected chi connectivity index (χ2v) is 10.4. The van der Waals surface area contributed by atoms with Crippen LogP contribution in [0.1, 0.15) is 19.4 Å². The van der Waals surface area contributed by atoms with Crippen molar-refractivity contribution in [3.05, 3.63) is 46.1 Å². The van der Waals surface area contributed by atoms with Crippen molar-refractivity contribution in [1.29, 1.82) is 0 Å². The second kappa shape index (κ2) is 9.38. The van der Waals surface area contributed by atoms with Crippen LogP contribution in [0.25, 0.3) is 22.2 Å². The van der Waals surface area contributed by atoms with Crippen molar-refractivity contribution in [2.45, 2.75) is 37.1 Å². The van der Waals surface area contributed by atoms with Gasteiger partial charge in [0.15, 0.2) is 0 Å². The number of hydrogen-bond acceptors (Lipinski definition) is 5. The van der Waals surface area contributed by atoms with E-state index in [2.05, 4.69) is 32.9 Å². The average molecular weight is 484 g/mol. The first-order valence-corrected chi connectivity index (χ1v) is 13.0. The van der Waals surface area contributed by atoms with Crippen LogP contribution in [0.2, 0.25) is 5.02 Å². The molecule has 0 unspecified atom stereocenters. The molecule has 4 rings (SSSR count). The van der Waals surface area contributed by atoms with Crippen molar-refractivity contribution in [3.63, 3.8) is 0 Å². The molecular weight excluding hydrogens is 458 g/mol. The van der Waals surface area contributed by atoms with Crippen LogP contribution < -0.4 is 9.75 Å². The Morgan fingerprint density at radius 1 is 1.19 bits per heavy atom. The summed E-state index contributed by atoms with van der Waals surface area (Å²) in [6.07, 6.45) is 0.604. The summed E-state index contributed by atoms with van der Waals surface area (Å²) < 4.78 is 29.1. The van der Waals surface area contributed by atoms with Crippen LogP contribution >= 0.6 is 23.4 Å². The van der Waals surface area contributed by atoms with Gasteiger partial charge in [-0.15, -0.1) is 4.68 Å². The Balaban J connectivity index is 0.000000491. The fraction of sp³-hybridized carbons (Fsp3) is 0.381. The summed E-state index contributed by atoms with van der Waals surface area (Å²) in [4.78, 5) is 4.82. The maximum absolute atomic E-state index is 13.3. The highest BCUT2D eigenvalue weighted by Crippen LogP contribution is 2.48. The lowest BCUT2D eigenvalue weighted by Gasteiger charge is -2.15. The van der Waals surface area contributed by atoms with E-state index in [0.29, 0.717) is 17.8 Å². The molecule has 1 aromatic heterocycles. The molecule has 1 aliphatic heterocycles. The number of likely N-dealkylation sites (N-methyl/N-ethyl adjacent to an activating group) is 1. The maximum Gasteiger partial charge on any atom is 0.261 e. The van der Waals surface area contributed by atoms with Crippen LogP contribution in [-0.4, -0.2) is 43.5 Å². The van der Waals surface area contributed by atoms with Crippen molar-refractivity contribution >= 4 is 44.4 Å². The zero-order valence-corrected chi connectivity index (χ0v) is 20.3. The number of fused-ring (bicyclic) bond motifs is 2. The third-order valence-corrected chi connectivity index (χ3v) is 6.87. The SMILES string of the molecule is CC[NH+](CC)CCn1c2ccc(C)c3c2c([n+]1[O-])-c1ccc(Cl)cc1S3.CS(=O)(=O)[O-]. The van der Waals surface area contributed by atoms with Gasteiger partial charge in [-0.2, -0.15) is 0 Å². The van der Waals surface area contributed by atoms with Crippen LogP contribution in [0, 0.1) is 12.1 Å². The van der Waals surface area contributed by atoms with Crippen LogP contribution in [0.3, 0.4) is 0 Å². The van der Waals surface area contributed by atoms with Crippen molar-refractivity contribution < 1.29 is 22.7 Å². The lowest BCUT2D eigenvalue weighted by atomic mass is 10.0. The molecule has 1 aliphatic rings. The summed E-state index contributed by atoms with van der Waals surface area (Å²) in [6, 6.07) is 10.0. The van der Waals surface area contributed by atoms with E-state index in [1.807, 2.05) is 22.9 Å². The fourth-order valence-electron chi connectivity index (χ4n) is 3.77. The first-order chi connectivity index (χ1) is 14.5. The minimum absolute atomic E-state index is 0.604.